The first-order valence-electron chi connectivity index (χ1n) is 10.7. The van der Waals surface area contributed by atoms with E-state index in [1.54, 1.807) is 13.0 Å². The van der Waals surface area contributed by atoms with E-state index in [9.17, 15) is 14.4 Å². The third-order valence-corrected chi connectivity index (χ3v) is 5.11. The number of nitrogens with one attached hydrogen (secondary N) is 3. The summed E-state index contributed by atoms with van der Waals surface area (Å²) in [7, 11) is 1.43. The fraction of sp³-hybridized carbons (Fsp3) is 0.333. The average Bonchev–Trinajstić information content (AvgIpc) is 2.79. The second-order valence-electron chi connectivity index (χ2n) is 7.67. The maximum absolute atomic E-state index is 12.3. The molecule has 0 aliphatic heterocycles. The third kappa shape index (κ3) is 7.77. The van der Waals surface area contributed by atoms with Crippen molar-refractivity contribution in [3.8, 4) is 11.5 Å². The number of rotatable bonds is 9. The smallest absolute Gasteiger partial charge is 0.329 e. The normalized spacial score (nSPS) is 11.6. The Balaban J connectivity index is 2.01. The fourth-order valence-corrected chi connectivity index (χ4v) is 3.11. The van der Waals surface area contributed by atoms with Crippen LogP contribution in [0.25, 0.3) is 0 Å². The van der Waals surface area contributed by atoms with Crippen LogP contribution in [0.4, 0.5) is 5.69 Å². The molecule has 0 aliphatic rings. The van der Waals surface area contributed by atoms with Crippen molar-refractivity contribution in [3.05, 3.63) is 52.0 Å². The van der Waals surface area contributed by atoms with E-state index < -0.39 is 11.8 Å². The molecule has 0 saturated heterocycles. The summed E-state index contributed by atoms with van der Waals surface area (Å²) in [5.41, 5.74) is 5.37. The molecule has 0 saturated carbocycles. The van der Waals surface area contributed by atoms with Gasteiger partial charge in [-0.25, -0.2) is 5.43 Å². The van der Waals surface area contributed by atoms with Crippen molar-refractivity contribution >= 4 is 41.2 Å². The van der Waals surface area contributed by atoms with Crippen LogP contribution in [-0.2, 0) is 14.4 Å². The number of hydrogen-bond acceptors (Lipinski definition) is 6. The van der Waals surface area contributed by atoms with Crippen LogP contribution < -0.4 is 25.5 Å². The first-order chi connectivity index (χ1) is 16.1. The molecule has 3 N–H and O–H groups in total. The van der Waals surface area contributed by atoms with Gasteiger partial charge in [0.1, 0.15) is 0 Å². The highest BCUT2D eigenvalue weighted by Crippen LogP contribution is 2.36. The number of carbonyl (C=O) groups is 3. The van der Waals surface area contributed by atoms with Crippen LogP contribution in [0.5, 0.6) is 11.5 Å². The molecule has 10 heteroatoms. The van der Waals surface area contributed by atoms with E-state index in [0.717, 1.165) is 11.1 Å². The van der Waals surface area contributed by atoms with Crippen LogP contribution in [0, 0.1) is 13.8 Å². The van der Waals surface area contributed by atoms with Gasteiger partial charge in [-0.05, 0) is 56.5 Å². The molecule has 0 bridgehead atoms. The van der Waals surface area contributed by atoms with Gasteiger partial charge in [0.2, 0.25) is 0 Å². The summed E-state index contributed by atoms with van der Waals surface area (Å²) >= 11 is 6.31. The molecule has 0 radical (unpaired) electrons. The Morgan fingerprint density at radius 2 is 1.88 bits per heavy atom. The Morgan fingerprint density at radius 1 is 1.15 bits per heavy atom. The van der Waals surface area contributed by atoms with Crippen LogP contribution >= 0.6 is 11.6 Å². The number of anilines is 1. The predicted molar refractivity (Wildman–Crippen MR) is 132 cm³/mol. The van der Waals surface area contributed by atoms with Crippen LogP contribution in [-0.4, -0.2) is 43.7 Å². The molecule has 0 fully saturated rings. The Bertz CT molecular complexity index is 1090. The van der Waals surface area contributed by atoms with Gasteiger partial charge in [0.15, 0.2) is 18.1 Å². The van der Waals surface area contributed by atoms with E-state index in [1.165, 1.54) is 19.4 Å². The Hall–Kier alpha value is -3.59. The predicted octanol–water partition coefficient (Wildman–Crippen LogP) is 3.35. The van der Waals surface area contributed by atoms with Crippen molar-refractivity contribution in [1.29, 1.82) is 0 Å². The van der Waals surface area contributed by atoms with Crippen LogP contribution in [0.3, 0.4) is 0 Å². The highest BCUT2D eigenvalue weighted by Gasteiger charge is 2.16. The number of carbonyl (C=O) groups excluding carboxylic acids is 3. The molecule has 0 unspecified atom stereocenters. The van der Waals surface area contributed by atoms with Gasteiger partial charge in [-0.3, -0.25) is 14.4 Å². The lowest BCUT2D eigenvalue weighted by atomic mass is 10.1. The van der Waals surface area contributed by atoms with E-state index in [1.807, 2.05) is 39.0 Å². The van der Waals surface area contributed by atoms with Gasteiger partial charge in [-0.15, -0.1) is 0 Å². The Morgan fingerprint density at radius 3 is 2.53 bits per heavy atom. The van der Waals surface area contributed by atoms with Gasteiger partial charge in [-0.2, -0.15) is 5.10 Å². The van der Waals surface area contributed by atoms with E-state index in [-0.39, 0.29) is 35.1 Å². The van der Waals surface area contributed by atoms with E-state index in [2.05, 4.69) is 21.2 Å². The number of amides is 3. The molecule has 2 rings (SSSR count). The second kappa shape index (κ2) is 12.6. The summed E-state index contributed by atoms with van der Waals surface area (Å²) in [5, 5.41) is 9.29. The summed E-state index contributed by atoms with van der Waals surface area (Å²) in [6.07, 6.45) is 2.00. The van der Waals surface area contributed by atoms with Crippen molar-refractivity contribution in [3.63, 3.8) is 0 Å². The summed E-state index contributed by atoms with van der Waals surface area (Å²) in [6, 6.07) is 8.67. The summed E-state index contributed by atoms with van der Waals surface area (Å²) in [4.78, 5) is 35.9. The lowest BCUT2D eigenvalue weighted by Crippen LogP contribution is -2.41. The highest BCUT2D eigenvalue weighted by atomic mass is 35.5. The van der Waals surface area contributed by atoms with E-state index in [0.29, 0.717) is 17.7 Å². The number of hydrogen-bond donors (Lipinski definition) is 3. The fourth-order valence-electron chi connectivity index (χ4n) is 2.84. The number of nitrogens with zero attached hydrogens (tertiary/aromatic N) is 1. The first kappa shape index (κ1) is 26.7. The first-order valence-corrected chi connectivity index (χ1v) is 11.0. The maximum Gasteiger partial charge on any atom is 0.329 e. The SMILES string of the molecule is CC[C@@H](C)NC(=O)C(=O)N/N=C\c1cc(Cl)c(OCC(=O)Nc2ccc(C)cc2C)c(OC)c1. The molecule has 1 atom stereocenters. The van der Waals surface area contributed by atoms with Gasteiger partial charge in [0, 0.05) is 11.7 Å². The largest absolute Gasteiger partial charge is 0.493 e. The summed E-state index contributed by atoms with van der Waals surface area (Å²) in [6.45, 7) is 7.29. The van der Waals surface area contributed by atoms with Gasteiger partial charge < -0.3 is 20.1 Å². The zero-order valence-electron chi connectivity index (χ0n) is 19.8. The molecule has 9 nitrogen and oxygen atoms in total. The maximum atomic E-state index is 12.3. The second-order valence-corrected chi connectivity index (χ2v) is 8.08. The van der Waals surface area contributed by atoms with Gasteiger partial charge >= 0.3 is 11.8 Å². The molecular weight excluding hydrogens is 460 g/mol. The van der Waals surface area contributed by atoms with Gasteiger partial charge in [0.05, 0.1) is 18.3 Å². The van der Waals surface area contributed by atoms with Crippen molar-refractivity contribution in [2.45, 2.75) is 40.2 Å². The molecule has 182 valence electrons. The van der Waals surface area contributed by atoms with Gasteiger partial charge in [0.25, 0.3) is 5.91 Å². The molecule has 2 aromatic carbocycles. The standard InChI is InChI=1S/C24H29ClN4O5/c1-6-16(4)27-23(31)24(32)29-26-12-17-10-18(25)22(20(11-17)33-5)34-13-21(30)28-19-8-7-14(2)9-15(19)3/h7-12,16H,6,13H2,1-5H3,(H,27,31)(H,28,30)(H,29,32)/b26-12-/t16-/m1/s1. The van der Waals surface area contributed by atoms with Crippen LogP contribution in [0.2, 0.25) is 5.02 Å². The number of ether oxygens (including phenoxy) is 2. The number of hydrazone groups is 1. The van der Waals surface area contributed by atoms with E-state index in [4.69, 9.17) is 21.1 Å². The number of methoxy groups -OCH3 is 1. The lowest BCUT2D eigenvalue weighted by molar-refractivity contribution is -0.139. The minimum atomic E-state index is -0.885. The minimum Gasteiger partial charge on any atom is -0.493 e. The topological polar surface area (TPSA) is 118 Å². The third-order valence-electron chi connectivity index (χ3n) is 4.83. The highest BCUT2D eigenvalue weighted by molar-refractivity contribution is 6.35. The molecule has 0 aliphatic carbocycles. The molecule has 0 spiro atoms. The van der Waals surface area contributed by atoms with Crippen molar-refractivity contribution in [2.24, 2.45) is 5.10 Å². The van der Waals surface area contributed by atoms with Crippen molar-refractivity contribution in [1.82, 2.24) is 10.7 Å². The van der Waals surface area contributed by atoms with Gasteiger partial charge in [-0.1, -0.05) is 36.2 Å². The molecular formula is C24H29ClN4O5. The molecule has 2 aromatic rings. The zero-order valence-corrected chi connectivity index (χ0v) is 20.6. The Labute approximate surface area is 203 Å². The number of halogens is 1. The lowest BCUT2D eigenvalue weighted by Gasteiger charge is -2.14. The molecule has 0 aromatic heterocycles. The monoisotopic (exact) mass is 488 g/mol. The zero-order chi connectivity index (χ0) is 25.3. The molecule has 3 amide bonds. The average molecular weight is 489 g/mol. The van der Waals surface area contributed by atoms with Crippen LogP contribution in [0.15, 0.2) is 35.4 Å². The molecule has 34 heavy (non-hydrogen) atoms. The van der Waals surface area contributed by atoms with Crippen molar-refractivity contribution < 1.29 is 23.9 Å². The minimum absolute atomic E-state index is 0.124. The van der Waals surface area contributed by atoms with E-state index >= 15 is 0 Å². The van der Waals surface area contributed by atoms with Crippen LogP contribution in [0.1, 0.15) is 37.0 Å². The summed E-state index contributed by atoms with van der Waals surface area (Å²) < 4.78 is 10.9. The Kier molecular flexibility index (Phi) is 9.88. The quantitative estimate of drug-likeness (QED) is 0.284. The number of aryl methyl sites for hydroxylation is 2. The van der Waals surface area contributed by atoms with Crippen molar-refractivity contribution in [2.75, 3.05) is 19.0 Å². The number of benzene rings is 2. The summed E-state index contributed by atoms with van der Waals surface area (Å²) in [5.74, 6) is -1.55. The molecule has 0 heterocycles.